The number of nitrogens with zero attached hydrogens (tertiary/aromatic N) is 2. The van der Waals surface area contributed by atoms with E-state index in [0.717, 1.165) is 18.4 Å². The van der Waals surface area contributed by atoms with E-state index in [4.69, 9.17) is 0 Å². The van der Waals surface area contributed by atoms with E-state index >= 15 is 0 Å². The van der Waals surface area contributed by atoms with Crippen LogP contribution in [-0.2, 0) is 4.79 Å². The summed E-state index contributed by atoms with van der Waals surface area (Å²) in [7, 11) is 0. The molecular weight excluding hydrogens is 529 g/mol. The van der Waals surface area contributed by atoms with Gasteiger partial charge in [0.1, 0.15) is 11.6 Å². The first kappa shape index (κ1) is 25.0. The molecule has 0 bridgehead atoms. The predicted octanol–water partition coefficient (Wildman–Crippen LogP) is 9.20. The number of carboxylic acids is 1. The van der Waals surface area contributed by atoms with Crippen LogP contribution in [0.4, 0.5) is 10.7 Å². The molecule has 0 saturated heterocycles. The molecule has 189 valence electrons. The molecule has 2 atom stereocenters. The summed E-state index contributed by atoms with van der Waals surface area (Å²) in [5, 5.41) is 19.7. The molecule has 0 spiro atoms. The molecule has 6 rings (SSSR count). The molecule has 3 heterocycles. The number of nitriles is 1. The Balaban J connectivity index is 1.29. The van der Waals surface area contributed by atoms with Crippen molar-refractivity contribution in [3.63, 3.8) is 0 Å². The van der Waals surface area contributed by atoms with Gasteiger partial charge in [-0.15, -0.1) is 34.4 Å². The van der Waals surface area contributed by atoms with Gasteiger partial charge in [0.2, 0.25) is 0 Å². The number of hydrogen-bond donors (Lipinski definition) is 1. The van der Waals surface area contributed by atoms with E-state index in [2.05, 4.69) is 78.2 Å². The molecule has 1 aliphatic carbocycles. The van der Waals surface area contributed by atoms with Crippen molar-refractivity contribution in [1.82, 2.24) is 0 Å². The molecular formula is C31H25N2O2S3. The summed E-state index contributed by atoms with van der Waals surface area (Å²) in [6.45, 7) is 2.05. The molecule has 1 aliphatic heterocycles. The Morgan fingerprint density at radius 3 is 2.55 bits per heavy atom. The van der Waals surface area contributed by atoms with Crippen LogP contribution in [0.5, 0.6) is 0 Å². The van der Waals surface area contributed by atoms with Crippen LogP contribution in [0.2, 0.25) is 0 Å². The second-order valence-electron chi connectivity index (χ2n) is 9.45. The largest absolute Gasteiger partial charge is 0.477 e. The summed E-state index contributed by atoms with van der Waals surface area (Å²) >= 11 is 5.40. The summed E-state index contributed by atoms with van der Waals surface area (Å²) < 4.78 is 0. The van der Waals surface area contributed by atoms with Crippen LogP contribution >= 0.6 is 34.4 Å². The number of thioether (sulfide) groups is 1. The standard InChI is InChI=1S/C31H25N2O2S3/c1-2-36-22-9-7-20(8-10-22)27-12-13-28(37-27)29-14-15-30(38-29)33-25-5-3-4-23(25)24-17-19(6-11-26(24)33)16-21(18-32)31(34)35/h2,6-17,23,25H,3-5H2,1H3,(H,34,35)/b21-16+. The second-order valence-corrected chi connectivity index (χ2v) is 12.8. The molecule has 1 radical (unpaired) electrons. The third-order valence-corrected chi connectivity index (χ3v) is 10.4. The Bertz CT molecular complexity index is 1580. The van der Waals surface area contributed by atoms with Crippen LogP contribution < -0.4 is 4.90 Å². The number of fused-ring (bicyclic) bond motifs is 3. The molecule has 2 aliphatic rings. The van der Waals surface area contributed by atoms with Crippen molar-refractivity contribution in [3.05, 3.63) is 89.2 Å². The fraction of sp³-hybridized carbons (Fsp3) is 0.194. The van der Waals surface area contributed by atoms with Crippen molar-refractivity contribution in [2.45, 2.75) is 43.0 Å². The van der Waals surface area contributed by atoms with Gasteiger partial charge >= 0.3 is 5.97 Å². The van der Waals surface area contributed by atoms with E-state index < -0.39 is 5.97 Å². The van der Waals surface area contributed by atoms with Crippen molar-refractivity contribution in [1.29, 1.82) is 5.26 Å². The topological polar surface area (TPSA) is 64.3 Å². The maximum absolute atomic E-state index is 11.3. The van der Waals surface area contributed by atoms with Gasteiger partial charge in [-0.05, 0) is 84.1 Å². The number of aliphatic carboxylic acids is 1. The lowest BCUT2D eigenvalue weighted by atomic mass is 9.95. The quantitative estimate of drug-likeness (QED) is 0.140. The average Bonchev–Trinajstić information content (AvgIpc) is 3.72. The van der Waals surface area contributed by atoms with Gasteiger partial charge in [-0.2, -0.15) is 5.26 Å². The first-order chi connectivity index (χ1) is 18.6. The summed E-state index contributed by atoms with van der Waals surface area (Å²) in [6.07, 6.45) is 4.93. The number of rotatable bonds is 7. The molecule has 1 fully saturated rings. The average molecular weight is 554 g/mol. The Kier molecular flexibility index (Phi) is 6.87. The van der Waals surface area contributed by atoms with E-state index in [-0.39, 0.29) is 5.57 Å². The van der Waals surface area contributed by atoms with Gasteiger partial charge in [-0.3, -0.25) is 0 Å². The molecule has 1 N–H and O–H groups in total. The Morgan fingerprint density at radius 1 is 1.03 bits per heavy atom. The molecule has 7 heteroatoms. The highest BCUT2D eigenvalue weighted by atomic mass is 32.2. The molecule has 38 heavy (non-hydrogen) atoms. The van der Waals surface area contributed by atoms with Crippen molar-refractivity contribution in [2.75, 3.05) is 4.90 Å². The van der Waals surface area contributed by atoms with Gasteiger partial charge in [0.25, 0.3) is 0 Å². The normalized spacial score (nSPS) is 18.3. The van der Waals surface area contributed by atoms with Gasteiger partial charge < -0.3 is 10.0 Å². The van der Waals surface area contributed by atoms with Crippen molar-refractivity contribution in [2.24, 2.45) is 0 Å². The molecule has 4 nitrogen and oxygen atoms in total. The zero-order chi connectivity index (χ0) is 26.2. The van der Waals surface area contributed by atoms with Gasteiger partial charge in [0.05, 0.1) is 5.00 Å². The molecule has 2 aromatic heterocycles. The van der Waals surface area contributed by atoms with Gasteiger partial charge in [-0.1, -0.05) is 31.5 Å². The highest BCUT2D eigenvalue weighted by Gasteiger charge is 2.42. The monoisotopic (exact) mass is 553 g/mol. The van der Waals surface area contributed by atoms with Gasteiger partial charge in [0, 0.05) is 42.9 Å². The maximum Gasteiger partial charge on any atom is 0.346 e. The SMILES string of the molecule is C[CH]Sc1ccc(-c2ccc(-c3ccc(N4c5ccc(/C=C(\C#N)C(=O)O)cc5C5CCCC54)s3)s2)cc1. The highest BCUT2D eigenvalue weighted by molar-refractivity contribution is 8.01. The number of benzene rings is 2. The van der Waals surface area contributed by atoms with Crippen LogP contribution in [-0.4, -0.2) is 17.1 Å². The Morgan fingerprint density at radius 2 is 1.79 bits per heavy atom. The first-order valence-corrected chi connectivity index (χ1v) is 15.1. The minimum absolute atomic E-state index is 0.240. The van der Waals surface area contributed by atoms with E-state index in [1.807, 2.05) is 28.7 Å². The zero-order valence-electron chi connectivity index (χ0n) is 20.8. The molecule has 2 unspecified atom stereocenters. The summed E-state index contributed by atoms with van der Waals surface area (Å²) in [5.41, 5.74) is 4.24. The molecule has 4 aromatic rings. The second kappa shape index (κ2) is 10.5. The Hall–Kier alpha value is -3.31. The van der Waals surface area contributed by atoms with Crippen LogP contribution in [0.1, 0.15) is 43.2 Å². The zero-order valence-corrected chi connectivity index (χ0v) is 23.2. The minimum atomic E-state index is -1.19. The minimum Gasteiger partial charge on any atom is -0.477 e. The fourth-order valence-electron chi connectivity index (χ4n) is 5.61. The third-order valence-electron chi connectivity index (χ3n) is 7.25. The van der Waals surface area contributed by atoms with Crippen molar-refractivity contribution >= 4 is 57.2 Å². The summed E-state index contributed by atoms with van der Waals surface area (Å²) in [6, 6.07) is 26.0. The Labute approximate surface area is 234 Å². The first-order valence-electron chi connectivity index (χ1n) is 12.6. The maximum atomic E-state index is 11.3. The van der Waals surface area contributed by atoms with Gasteiger partial charge in [-0.25, -0.2) is 4.79 Å². The van der Waals surface area contributed by atoms with Crippen molar-refractivity contribution in [3.8, 4) is 26.3 Å². The van der Waals surface area contributed by atoms with Crippen LogP contribution in [0.25, 0.3) is 26.3 Å². The third kappa shape index (κ3) is 4.58. The lowest BCUT2D eigenvalue weighted by Gasteiger charge is -2.25. The molecule has 2 aromatic carbocycles. The smallest absolute Gasteiger partial charge is 0.346 e. The van der Waals surface area contributed by atoms with Crippen LogP contribution in [0.15, 0.2) is 77.2 Å². The van der Waals surface area contributed by atoms with E-state index in [1.54, 1.807) is 17.8 Å². The summed E-state index contributed by atoms with van der Waals surface area (Å²) in [5.74, 6) is 1.33. The number of anilines is 2. The highest BCUT2D eigenvalue weighted by Crippen LogP contribution is 2.54. The number of carbonyl (C=O) groups is 1. The fourth-order valence-corrected chi connectivity index (χ4v) is 8.35. The van der Waals surface area contributed by atoms with E-state index in [1.165, 1.54) is 53.8 Å². The van der Waals surface area contributed by atoms with E-state index in [9.17, 15) is 15.2 Å². The molecule has 1 saturated carbocycles. The lowest BCUT2D eigenvalue weighted by Crippen LogP contribution is -2.25. The van der Waals surface area contributed by atoms with Crippen molar-refractivity contribution < 1.29 is 9.90 Å². The molecule has 0 amide bonds. The number of carboxylic acid groups (broad SMARTS) is 1. The predicted molar refractivity (Wildman–Crippen MR) is 159 cm³/mol. The number of hydrogen-bond acceptors (Lipinski definition) is 6. The number of thiophene rings is 2. The summed E-state index contributed by atoms with van der Waals surface area (Å²) in [4.78, 5) is 18.9. The van der Waals surface area contributed by atoms with Crippen LogP contribution in [0.3, 0.4) is 0 Å². The van der Waals surface area contributed by atoms with Gasteiger partial charge in [0.15, 0.2) is 0 Å². The van der Waals surface area contributed by atoms with E-state index in [0.29, 0.717) is 12.0 Å². The van der Waals surface area contributed by atoms with Crippen LogP contribution in [0, 0.1) is 17.1 Å². The lowest BCUT2D eigenvalue weighted by molar-refractivity contribution is -0.132.